The summed E-state index contributed by atoms with van der Waals surface area (Å²) >= 11 is 0. The Labute approximate surface area is 182 Å². The third-order valence-corrected chi connectivity index (χ3v) is 5.26. The zero-order chi connectivity index (χ0) is 21.4. The zero-order valence-corrected chi connectivity index (χ0v) is 19.2. The number of hydrogen-bond acceptors (Lipinski definition) is 5. The number of hydrogen-bond donors (Lipinski definition) is 2. The quantitative estimate of drug-likeness (QED) is 0.289. The minimum atomic E-state index is 0.637. The Hall–Kier alpha value is -1.67. The van der Waals surface area contributed by atoms with E-state index in [0.29, 0.717) is 19.8 Å². The van der Waals surface area contributed by atoms with E-state index in [1.165, 1.54) is 11.1 Å². The molecule has 0 saturated carbocycles. The van der Waals surface area contributed by atoms with E-state index in [1.807, 2.05) is 0 Å². The summed E-state index contributed by atoms with van der Waals surface area (Å²) in [5.41, 5.74) is 2.63. The average molecular weight is 420 g/mol. The van der Waals surface area contributed by atoms with Gasteiger partial charge >= 0.3 is 0 Å². The lowest BCUT2D eigenvalue weighted by Crippen LogP contribution is -2.43. The third-order valence-electron chi connectivity index (χ3n) is 5.26. The number of benzene rings is 1. The van der Waals surface area contributed by atoms with Crippen LogP contribution in [0, 0.1) is 0 Å². The van der Waals surface area contributed by atoms with E-state index >= 15 is 0 Å². The maximum Gasteiger partial charge on any atom is 0.191 e. The lowest BCUT2D eigenvalue weighted by molar-refractivity contribution is 0.0487. The highest BCUT2D eigenvalue weighted by atomic mass is 16.5. The molecule has 2 N–H and O–H groups in total. The summed E-state index contributed by atoms with van der Waals surface area (Å²) in [5.74, 6) is 0.791. The lowest BCUT2D eigenvalue weighted by atomic mass is 10.1. The van der Waals surface area contributed by atoms with Gasteiger partial charge in [-0.15, -0.1) is 0 Å². The maximum atomic E-state index is 5.58. The van der Waals surface area contributed by atoms with Crippen molar-refractivity contribution >= 4 is 5.96 Å². The van der Waals surface area contributed by atoms with Crippen LogP contribution in [0.15, 0.2) is 29.3 Å². The zero-order valence-electron chi connectivity index (χ0n) is 19.2. The molecule has 0 atom stereocenters. The van der Waals surface area contributed by atoms with E-state index in [-0.39, 0.29) is 0 Å². The van der Waals surface area contributed by atoms with Gasteiger partial charge in [0.15, 0.2) is 5.96 Å². The summed E-state index contributed by atoms with van der Waals surface area (Å²) in [7, 11) is 3.98. The smallest absolute Gasteiger partial charge is 0.191 e. The molecule has 1 heterocycles. The first kappa shape index (κ1) is 24.6. The molecule has 2 rings (SSSR count). The molecule has 7 nitrogen and oxygen atoms in total. The van der Waals surface area contributed by atoms with E-state index in [0.717, 1.165) is 71.2 Å². The molecule has 0 radical (unpaired) electrons. The topological polar surface area (TPSA) is 61.4 Å². The van der Waals surface area contributed by atoms with E-state index in [2.05, 4.69) is 63.7 Å². The van der Waals surface area contributed by atoms with Crippen LogP contribution in [0.1, 0.15) is 30.9 Å². The summed E-state index contributed by atoms with van der Waals surface area (Å²) in [6, 6.07) is 8.88. The van der Waals surface area contributed by atoms with Gasteiger partial charge in [0.1, 0.15) is 0 Å². The molecule has 1 fully saturated rings. The van der Waals surface area contributed by atoms with Crippen molar-refractivity contribution in [2.24, 2.45) is 4.99 Å². The minimum absolute atomic E-state index is 0.637. The second kappa shape index (κ2) is 15.2. The van der Waals surface area contributed by atoms with E-state index in [4.69, 9.17) is 9.47 Å². The molecule has 0 aromatic heterocycles. The van der Waals surface area contributed by atoms with Crippen LogP contribution in [0.2, 0.25) is 0 Å². The number of aliphatic imine (C=N–C) groups is 1. The Morgan fingerprint density at radius 2 is 1.60 bits per heavy atom. The van der Waals surface area contributed by atoms with Gasteiger partial charge in [-0.3, -0.25) is 9.89 Å². The largest absolute Gasteiger partial charge is 0.379 e. The molecule has 0 aliphatic carbocycles. The maximum absolute atomic E-state index is 5.58. The van der Waals surface area contributed by atoms with Crippen LogP contribution < -0.4 is 10.6 Å². The number of piperazine rings is 1. The fraction of sp³-hybridized carbons (Fsp3) is 0.696. The Morgan fingerprint density at radius 1 is 0.933 bits per heavy atom. The molecule has 7 heteroatoms. The standard InChI is InChI=1S/C23H41N5O2/c1-4-5-15-29-17-18-30-16-10-25-23(24-2)26-19-21-6-8-22(9-7-21)20-28-13-11-27(3)12-14-28/h6-9H,4-5,10-20H2,1-3H3,(H2,24,25,26). The highest BCUT2D eigenvalue weighted by Crippen LogP contribution is 2.09. The molecule has 0 bridgehead atoms. The van der Waals surface area contributed by atoms with Crippen molar-refractivity contribution in [3.05, 3.63) is 35.4 Å². The van der Waals surface area contributed by atoms with Crippen molar-refractivity contribution in [3.8, 4) is 0 Å². The monoisotopic (exact) mass is 419 g/mol. The van der Waals surface area contributed by atoms with Gasteiger partial charge in [-0.25, -0.2) is 0 Å². The third kappa shape index (κ3) is 10.4. The molecule has 1 aromatic rings. The predicted molar refractivity (Wildman–Crippen MR) is 124 cm³/mol. The number of likely N-dealkylation sites (N-methyl/N-ethyl adjacent to an activating group) is 1. The Balaban J connectivity index is 1.57. The highest BCUT2D eigenvalue weighted by Gasteiger charge is 2.13. The van der Waals surface area contributed by atoms with Crippen LogP contribution in [0.25, 0.3) is 0 Å². The molecular formula is C23H41N5O2. The van der Waals surface area contributed by atoms with Gasteiger partial charge in [0.25, 0.3) is 0 Å². The van der Waals surface area contributed by atoms with Crippen LogP contribution in [0.3, 0.4) is 0 Å². The number of nitrogens with one attached hydrogen (secondary N) is 2. The van der Waals surface area contributed by atoms with Gasteiger partial charge in [-0.05, 0) is 24.6 Å². The summed E-state index contributed by atoms with van der Waals surface area (Å²) in [5, 5.41) is 6.64. The molecule has 1 aliphatic heterocycles. The summed E-state index contributed by atoms with van der Waals surface area (Å²) < 4.78 is 11.1. The van der Waals surface area contributed by atoms with Crippen LogP contribution >= 0.6 is 0 Å². The minimum Gasteiger partial charge on any atom is -0.379 e. The second-order valence-electron chi connectivity index (χ2n) is 7.83. The Kier molecular flexibility index (Phi) is 12.4. The van der Waals surface area contributed by atoms with E-state index in [1.54, 1.807) is 7.05 Å². The predicted octanol–water partition coefficient (Wildman–Crippen LogP) is 1.93. The van der Waals surface area contributed by atoms with Gasteiger partial charge in [0.2, 0.25) is 0 Å². The number of rotatable bonds is 13. The summed E-state index contributed by atoms with van der Waals surface area (Å²) in [4.78, 5) is 9.19. The summed E-state index contributed by atoms with van der Waals surface area (Å²) in [6.07, 6.45) is 2.28. The van der Waals surface area contributed by atoms with Crippen molar-refractivity contribution in [2.75, 3.05) is 73.2 Å². The number of unbranched alkanes of at least 4 members (excludes halogenated alkanes) is 1. The average Bonchev–Trinajstić information content (AvgIpc) is 2.77. The van der Waals surface area contributed by atoms with Gasteiger partial charge in [-0.1, -0.05) is 37.6 Å². The molecule has 0 spiro atoms. The number of nitrogens with zero attached hydrogens (tertiary/aromatic N) is 3. The van der Waals surface area contributed by atoms with Gasteiger partial charge < -0.3 is 25.0 Å². The molecular weight excluding hydrogens is 378 g/mol. The van der Waals surface area contributed by atoms with Crippen LogP contribution in [0.4, 0.5) is 0 Å². The summed E-state index contributed by atoms with van der Waals surface area (Å²) in [6.45, 7) is 12.1. The van der Waals surface area contributed by atoms with Gasteiger partial charge in [-0.2, -0.15) is 0 Å². The molecule has 1 saturated heterocycles. The first-order valence-corrected chi connectivity index (χ1v) is 11.3. The molecule has 0 amide bonds. The van der Waals surface area contributed by atoms with Gasteiger partial charge in [0, 0.05) is 59.5 Å². The van der Waals surface area contributed by atoms with Crippen molar-refractivity contribution in [3.63, 3.8) is 0 Å². The molecule has 1 aromatic carbocycles. The molecule has 170 valence electrons. The first-order valence-electron chi connectivity index (χ1n) is 11.3. The number of ether oxygens (including phenoxy) is 2. The first-order chi connectivity index (χ1) is 14.7. The van der Waals surface area contributed by atoms with Crippen LogP contribution in [-0.4, -0.2) is 89.0 Å². The van der Waals surface area contributed by atoms with E-state index in [9.17, 15) is 0 Å². The van der Waals surface area contributed by atoms with Crippen LogP contribution in [-0.2, 0) is 22.6 Å². The molecule has 1 aliphatic rings. The number of guanidine groups is 1. The lowest BCUT2D eigenvalue weighted by Gasteiger charge is -2.32. The molecule has 30 heavy (non-hydrogen) atoms. The SMILES string of the molecule is CCCCOCCOCCNC(=NC)NCc1ccc(CN2CCN(C)CC2)cc1. The van der Waals surface area contributed by atoms with E-state index < -0.39 is 0 Å². The van der Waals surface area contributed by atoms with Gasteiger partial charge in [0.05, 0.1) is 19.8 Å². The molecule has 0 unspecified atom stereocenters. The van der Waals surface area contributed by atoms with Crippen molar-refractivity contribution in [1.29, 1.82) is 0 Å². The highest BCUT2D eigenvalue weighted by molar-refractivity contribution is 5.79. The fourth-order valence-corrected chi connectivity index (χ4v) is 3.24. The fourth-order valence-electron chi connectivity index (χ4n) is 3.24. The normalized spacial score (nSPS) is 16.0. The Morgan fingerprint density at radius 3 is 2.27 bits per heavy atom. The second-order valence-corrected chi connectivity index (χ2v) is 7.83. The van der Waals surface area contributed by atoms with Crippen molar-refractivity contribution in [1.82, 2.24) is 20.4 Å². The van der Waals surface area contributed by atoms with Crippen molar-refractivity contribution < 1.29 is 9.47 Å². The van der Waals surface area contributed by atoms with Crippen LogP contribution in [0.5, 0.6) is 0 Å². The Bertz CT molecular complexity index is 586. The van der Waals surface area contributed by atoms with Crippen molar-refractivity contribution in [2.45, 2.75) is 32.9 Å².